The van der Waals surface area contributed by atoms with Gasteiger partial charge in [0.1, 0.15) is 12.1 Å². The molecule has 0 aliphatic carbocycles. The number of carbonyl (C=O) groups excluding carboxylic acids is 5. The molecule has 270 valence electrons. The Kier molecular flexibility index (Phi) is 23.8. The Labute approximate surface area is 285 Å². The molecule has 4 atom stereocenters. The van der Waals surface area contributed by atoms with Gasteiger partial charge in [-0.15, -0.1) is 0 Å². The van der Waals surface area contributed by atoms with Crippen molar-refractivity contribution < 1.29 is 24.0 Å². The number of ketones is 1. The number of Topliss-reactive ketones (excluding diaryl/α,β-unsaturated/α-hetero) is 1. The van der Waals surface area contributed by atoms with Gasteiger partial charge >= 0.3 is 6.03 Å². The lowest BCUT2D eigenvalue weighted by atomic mass is 9.85. The molecule has 0 bridgehead atoms. The van der Waals surface area contributed by atoms with E-state index in [1.807, 2.05) is 62.3 Å². The largest absolute Gasteiger partial charge is 0.363 e. The van der Waals surface area contributed by atoms with Crippen LogP contribution >= 0.6 is 12.6 Å². The molecular formula is C34H68N6O5S. The molecule has 1 aliphatic rings. The minimum atomic E-state index is -1.10. The van der Waals surface area contributed by atoms with Crippen LogP contribution in [0.15, 0.2) is 0 Å². The Morgan fingerprint density at radius 1 is 0.891 bits per heavy atom. The average Bonchev–Trinajstić information content (AvgIpc) is 3.47. The molecule has 46 heavy (non-hydrogen) atoms. The molecule has 6 N–H and O–H groups in total. The minimum Gasteiger partial charge on any atom is -0.363 e. The number of carbonyl (C=O) groups is 5. The van der Waals surface area contributed by atoms with E-state index in [9.17, 15) is 24.0 Å². The third-order valence-electron chi connectivity index (χ3n) is 7.41. The first kappa shape index (κ1) is 45.8. The van der Waals surface area contributed by atoms with E-state index in [0.29, 0.717) is 32.4 Å². The zero-order valence-electron chi connectivity index (χ0n) is 30.8. The Bertz CT molecular complexity index is 919. The normalized spacial score (nSPS) is 16.4. The molecule has 4 unspecified atom stereocenters. The van der Waals surface area contributed by atoms with Crippen LogP contribution in [0.5, 0.6) is 0 Å². The van der Waals surface area contributed by atoms with E-state index in [1.165, 1.54) is 11.3 Å². The molecule has 1 rings (SSSR count). The third kappa shape index (κ3) is 17.5. The first-order valence-electron chi connectivity index (χ1n) is 17.3. The minimum absolute atomic E-state index is 0.192. The van der Waals surface area contributed by atoms with Crippen LogP contribution in [-0.2, 0) is 19.2 Å². The van der Waals surface area contributed by atoms with Crippen LogP contribution in [0.2, 0.25) is 0 Å². The van der Waals surface area contributed by atoms with Crippen molar-refractivity contribution in [3.05, 3.63) is 0 Å². The summed E-state index contributed by atoms with van der Waals surface area (Å²) >= 11 is 4.24. The van der Waals surface area contributed by atoms with E-state index in [1.54, 1.807) is 0 Å². The fourth-order valence-electron chi connectivity index (χ4n) is 4.75. The van der Waals surface area contributed by atoms with Crippen molar-refractivity contribution in [2.45, 2.75) is 152 Å². The van der Waals surface area contributed by atoms with Crippen LogP contribution in [0, 0.1) is 10.8 Å². The number of urea groups is 1. The van der Waals surface area contributed by atoms with Crippen LogP contribution < -0.4 is 27.0 Å². The predicted octanol–water partition coefficient (Wildman–Crippen LogP) is 4.58. The summed E-state index contributed by atoms with van der Waals surface area (Å²) in [5.41, 5.74) is 4.32. The SMILES string of the molecule is CC.CCC.CCCCC(NC(=O)C1CCCN1C(=O)C(NC(=O)NC(CNCCCCS)C(C)(C)C)C(C)(C)C)C(=O)C(N)=O. The van der Waals surface area contributed by atoms with Crippen LogP contribution in [0.1, 0.15) is 128 Å². The number of hydrogen-bond donors (Lipinski definition) is 6. The summed E-state index contributed by atoms with van der Waals surface area (Å²) in [7, 11) is 0. The third-order valence-corrected chi connectivity index (χ3v) is 7.73. The Hall–Kier alpha value is -2.34. The standard InChI is InChI=1S/C29H54N6O5S.C3H8.C2H6/c1-8-9-13-19(22(36)24(30)37)32-25(38)20-14-12-16-35(20)26(39)23(29(5,6)7)34-27(40)33-21(28(2,3)4)18-31-15-10-11-17-41;1-3-2;1-2/h19-21,23,31,41H,8-18H2,1-7H3,(H2,30,37)(H,32,38)(H2,33,34,40);3H2,1-2H3;1-2H3. The maximum atomic E-state index is 13.8. The number of amides is 5. The van der Waals surface area contributed by atoms with E-state index >= 15 is 0 Å². The lowest BCUT2D eigenvalue weighted by molar-refractivity contribution is -0.143. The van der Waals surface area contributed by atoms with Gasteiger partial charge in [-0.05, 0) is 55.2 Å². The highest BCUT2D eigenvalue weighted by molar-refractivity contribution is 7.80. The van der Waals surface area contributed by atoms with Gasteiger partial charge in [-0.1, -0.05) is 95.4 Å². The van der Waals surface area contributed by atoms with Gasteiger partial charge in [0.05, 0.1) is 6.04 Å². The second-order valence-electron chi connectivity index (χ2n) is 13.8. The molecule has 0 saturated carbocycles. The molecule has 5 amide bonds. The summed E-state index contributed by atoms with van der Waals surface area (Å²) < 4.78 is 0. The fourth-order valence-corrected chi connectivity index (χ4v) is 4.97. The molecule has 1 fully saturated rings. The van der Waals surface area contributed by atoms with E-state index in [0.717, 1.165) is 31.6 Å². The fraction of sp³-hybridized carbons (Fsp3) is 0.853. The highest BCUT2D eigenvalue weighted by Crippen LogP contribution is 2.26. The number of nitrogens with zero attached hydrogens (tertiary/aromatic N) is 1. The molecular weight excluding hydrogens is 604 g/mol. The summed E-state index contributed by atoms with van der Waals surface area (Å²) in [4.78, 5) is 65.6. The van der Waals surface area contributed by atoms with Gasteiger partial charge in [-0.3, -0.25) is 19.2 Å². The highest BCUT2D eigenvalue weighted by Gasteiger charge is 2.43. The number of unbranched alkanes of at least 4 members (excludes halogenated alkanes) is 2. The summed E-state index contributed by atoms with van der Waals surface area (Å²) in [6.45, 7) is 23.6. The van der Waals surface area contributed by atoms with Crippen LogP contribution in [0.4, 0.5) is 4.79 Å². The zero-order valence-corrected chi connectivity index (χ0v) is 31.7. The molecule has 1 saturated heterocycles. The summed E-state index contributed by atoms with van der Waals surface area (Å²) in [6, 6.07) is -3.39. The number of nitrogens with two attached hydrogens (primary N) is 1. The predicted molar refractivity (Wildman–Crippen MR) is 192 cm³/mol. The van der Waals surface area contributed by atoms with Crippen molar-refractivity contribution in [3.8, 4) is 0 Å². The number of rotatable bonds is 16. The quantitative estimate of drug-likeness (QED) is 0.0799. The van der Waals surface area contributed by atoms with Crippen LogP contribution in [0.3, 0.4) is 0 Å². The number of primary amides is 1. The van der Waals surface area contributed by atoms with Crippen molar-refractivity contribution in [1.82, 2.24) is 26.2 Å². The molecule has 0 aromatic carbocycles. The van der Waals surface area contributed by atoms with Crippen molar-refractivity contribution in [3.63, 3.8) is 0 Å². The van der Waals surface area contributed by atoms with Crippen molar-refractivity contribution in [2.75, 3.05) is 25.4 Å². The summed E-state index contributed by atoms with van der Waals surface area (Å²) in [5.74, 6) is -1.99. The number of hydrogen-bond acceptors (Lipinski definition) is 7. The Morgan fingerprint density at radius 2 is 1.48 bits per heavy atom. The Morgan fingerprint density at radius 3 is 1.96 bits per heavy atom. The smallest absolute Gasteiger partial charge is 0.315 e. The first-order valence-corrected chi connectivity index (χ1v) is 17.9. The topological polar surface area (TPSA) is 163 Å². The molecule has 12 heteroatoms. The van der Waals surface area contributed by atoms with Gasteiger partial charge in [-0.25, -0.2) is 4.79 Å². The van der Waals surface area contributed by atoms with Gasteiger partial charge in [-0.2, -0.15) is 12.6 Å². The number of thiol groups is 1. The van der Waals surface area contributed by atoms with Crippen molar-refractivity contribution in [1.29, 1.82) is 0 Å². The van der Waals surface area contributed by atoms with E-state index in [4.69, 9.17) is 5.73 Å². The maximum absolute atomic E-state index is 13.8. The van der Waals surface area contributed by atoms with Crippen molar-refractivity contribution in [2.24, 2.45) is 16.6 Å². The second-order valence-corrected chi connectivity index (χ2v) is 14.2. The summed E-state index contributed by atoms with van der Waals surface area (Å²) in [5, 5.41) is 12.0. The van der Waals surface area contributed by atoms with Crippen LogP contribution in [0.25, 0.3) is 0 Å². The molecule has 0 aromatic heterocycles. The Balaban J connectivity index is 0. The van der Waals surface area contributed by atoms with Gasteiger partial charge in [0.2, 0.25) is 17.6 Å². The first-order chi connectivity index (χ1) is 21.5. The highest BCUT2D eigenvalue weighted by atomic mass is 32.1. The van der Waals surface area contributed by atoms with Gasteiger partial charge in [0, 0.05) is 19.1 Å². The average molecular weight is 673 g/mol. The van der Waals surface area contributed by atoms with Crippen molar-refractivity contribution >= 4 is 42.2 Å². The lowest BCUT2D eigenvalue weighted by Crippen LogP contribution is -2.61. The van der Waals surface area contributed by atoms with E-state index < -0.39 is 47.2 Å². The molecule has 0 spiro atoms. The second kappa shape index (κ2) is 23.9. The molecule has 1 heterocycles. The van der Waals surface area contributed by atoms with Gasteiger partial charge in [0.15, 0.2) is 0 Å². The molecule has 0 aromatic rings. The molecule has 0 radical (unpaired) electrons. The lowest BCUT2D eigenvalue weighted by Gasteiger charge is -2.37. The zero-order chi connectivity index (χ0) is 36.1. The number of likely N-dealkylation sites (tertiary alicyclic amines) is 1. The monoisotopic (exact) mass is 672 g/mol. The molecule has 1 aliphatic heterocycles. The van der Waals surface area contributed by atoms with E-state index in [2.05, 4.69) is 47.7 Å². The molecule has 11 nitrogen and oxygen atoms in total. The van der Waals surface area contributed by atoms with Gasteiger partial charge < -0.3 is 31.9 Å². The summed E-state index contributed by atoms with van der Waals surface area (Å²) in [6.07, 6.45) is 5.96. The van der Waals surface area contributed by atoms with E-state index in [-0.39, 0.29) is 23.8 Å². The van der Waals surface area contributed by atoms with Gasteiger partial charge in [0.25, 0.3) is 5.91 Å². The van der Waals surface area contributed by atoms with Crippen LogP contribution in [-0.4, -0.2) is 84.0 Å². The number of nitrogens with one attached hydrogen (secondary N) is 4. The maximum Gasteiger partial charge on any atom is 0.315 e.